The zero-order valence-electron chi connectivity index (χ0n) is 15.8. The van der Waals surface area contributed by atoms with Crippen molar-refractivity contribution >= 4 is 16.0 Å². The molecule has 2 saturated heterocycles. The number of aliphatic carboxylic acids is 1. The van der Waals surface area contributed by atoms with E-state index in [1.165, 1.54) is 0 Å². The maximum Gasteiger partial charge on any atom is 0.490 e. The third-order valence-electron chi connectivity index (χ3n) is 4.67. The lowest BCUT2D eigenvalue weighted by molar-refractivity contribution is -0.192. The largest absolute Gasteiger partial charge is 0.492 e. The van der Waals surface area contributed by atoms with E-state index >= 15 is 0 Å². The van der Waals surface area contributed by atoms with Gasteiger partial charge in [-0.2, -0.15) is 17.5 Å². The molecule has 29 heavy (non-hydrogen) atoms. The molecule has 2 fully saturated rings. The zero-order chi connectivity index (χ0) is 21.7. The summed E-state index contributed by atoms with van der Waals surface area (Å²) < 4.78 is 69.1. The summed E-state index contributed by atoms with van der Waals surface area (Å²) in [6.07, 6.45) is -0.154. The third kappa shape index (κ3) is 6.03. The molecular formula is C17H23F3N2O6S. The number of sulfonamides is 1. The number of carboxylic acid groups (broad SMARTS) is 1. The fourth-order valence-corrected chi connectivity index (χ4v) is 4.74. The van der Waals surface area contributed by atoms with Gasteiger partial charge in [0.2, 0.25) is 10.0 Å². The molecule has 0 radical (unpaired) electrons. The van der Waals surface area contributed by atoms with Crippen molar-refractivity contribution < 1.29 is 41.0 Å². The molecule has 1 atom stereocenters. The molecule has 3 heterocycles. The number of carbonyl (C=O) groups is 1. The van der Waals surface area contributed by atoms with Gasteiger partial charge in [-0.3, -0.25) is 4.98 Å². The van der Waals surface area contributed by atoms with Gasteiger partial charge in [-0.25, -0.2) is 13.2 Å². The molecule has 0 bridgehead atoms. The van der Waals surface area contributed by atoms with E-state index in [1.54, 1.807) is 16.7 Å². The quantitative estimate of drug-likeness (QED) is 0.720. The molecule has 2 aliphatic heterocycles. The second-order valence-electron chi connectivity index (χ2n) is 6.79. The van der Waals surface area contributed by atoms with Gasteiger partial charge >= 0.3 is 12.1 Å². The topological polar surface area (TPSA) is 106 Å². The van der Waals surface area contributed by atoms with Gasteiger partial charge in [0.1, 0.15) is 11.4 Å². The van der Waals surface area contributed by atoms with Gasteiger partial charge in [-0.1, -0.05) is 6.92 Å². The number of carboxylic acids is 1. The minimum atomic E-state index is -5.08. The van der Waals surface area contributed by atoms with E-state index in [1.807, 2.05) is 19.1 Å². The fourth-order valence-electron chi connectivity index (χ4n) is 3.13. The van der Waals surface area contributed by atoms with Crippen molar-refractivity contribution in [3.05, 3.63) is 24.5 Å². The van der Waals surface area contributed by atoms with Crippen LogP contribution in [-0.2, 0) is 19.6 Å². The number of halogens is 3. The monoisotopic (exact) mass is 440 g/mol. The predicted molar refractivity (Wildman–Crippen MR) is 95.9 cm³/mol. The number of rotatable bonds is 6. The second kappa shape index (κ2) is 9.26. The lowest BCUT2D eigenvalue weighted by Crippen LogP contribution is -2.66. The Balaban J connectivity index is 0.000000370. The third-order valence-corrected chi connectivity index (χ3v) is 6.64. The second-order valence-corrected chi connectivity index (χ2v) is 8.87. The van der Waals surface area contributed by atoms with Crippen molar-refractivity contribution in [2.75, 3.05) is 32.1 Å². The summed E-state index contributed by atoms with van der Waals surface area (Å²) >= 11 is 0. The minimum Gasteiger partial charge on any atom is -0.492 e. The maximum absolute atomic E-state index is 12.1. The molecule has 0 saturated carbocycles. The van der Waals surface area contributed by atoms with E-state index in [-0.39, 0.29) is 17.3 Å². The first-order valence-electron chi connectivity index (χ1n) is 8.95. The summed E-state index contributed by atoms with van der Waals surface area (Å²) in [6.45, 7) is 3.99. The molecule has 1 aromatic rings. The molecule has 1 aromatic heterocycles. The van der Waals surface area contributed by atoms with Crippen LogP contribution in [0.5, 0.6) is 5.75 Å². The first kappa shape index (κ1) is 23.4. The van der Waals surface area contributed by atoms with Crippen LogP contribution in [0.2, 0.25) is 0 Å². The number of hydrogen-bond donors (Lipinski definition) is 1. The van der Waals surface area contributed by atoms with Crippen molar-refractivity contribution in [2.45, 2.75) is 31.5 Å². The summed E-state index contributed by atoms with van der Waals surface area (Å²) in [5, 5.41) is 7.12. The molecule has 1 N–H and O–H groups in total. The number of aromatic nitrogens is 1. The Kier molecular flexibility index (Phi) is 7.46. The number of pyridine rings is 1. The van der Waals surface area contributed by atoms with Crippen LogP contribution in [0.4, 0.5) is 13.2 Å². The Labute approximate surface area is 166 Å². The van der Waals surface area contributed by atoms with Gasteiger partial charge in [0.15, 0.2) is 0 Å². The van der Waals surface area contributed by atoms with Crippen molar-refractivity contribution in [3.8, 4) is 5.75 Å². The van der Waals surface area contributed by atoms with Gasteiger partial charge in [-0.15, -0.1) is 0 Å². The zero-order valence-corrected chi connectivity index (χ0v) is 16.6. The van der Waals surface area contributed by atoms with Crippen LogP contribution in [0.1, 0.15) is 19.8 Å². The van der Waals surface area contributed by atoms with Gasteiger partial charge in [0.05, 0.1) is 18.6 Å². The Hall–Kier alpha value is -1.92. The summed E-state index contributed by atoms with van der Waals surface area (Å²) in [5.41, 5.74) is -0.358. The van der Waals surface area contributed by atoms with Crippen LogP contribution in [0.25, 0.3) is 0 Å². The molecule has 164 valence electrons. The highest BCUT2D eigenvalue weighted by Crippen LogP contribution is 2.41. The van der Waals surface area contributed by atoms with Gasteiger partial charge in [-0.05, 0) is 25.0 Å². The summed E-state index contributed by atoms with van der Waals surface area (Å²) in [7, 11) is -3.13. The molecule has 0 aliphatic carbocycles. The maximum atomic E-state index is 12.1. The van der Waals surface area contributed by atoms with Crippen molar-refractivity contribution in [3.63, 3.8) is 0 Å². The number of hydrogen-bond acceptors (Lipinski definition) is 6. The summed E-state index contributed by atoms with van der Waals surface area (Å²) in [6, 6.07) is 3.70. The molecule has 3 rings (SSSR count). The molecule has 12 heteroatoms. The lowest BCUT2D eigenvalue weighted by Gasteiger charge is -2.49. The molecular weight excluding hydrogens is 417 g/mol. The highest BCUT2D eigenvalue weighted by Gasteiger charge is 2.56. The summed E-state index contributed by atoms with van der Waals surface area (Å²) in [4.78, 5) is 12.9. The van der Waals surface area contributed by atoms with Crippen LogP contribution in [0, 0.1) is 5.92 Å². The van der Waals surface area contributed by atoms with E-state index in [4.69, 9.17) is 19.4 Å². The molecule has 1 spiro atoms. The van der Waals surface area contributed by atoms with Crippen LogP contribution in [-0.4, -0.2) is 72.6 Å². The molecule has 1 unspecified atom stereocenters. The highest BCUT2D eigenvalue weighted by atomic mass is 32.2. The highest BCUT2D eigenvalue weighted by molar-refractivity contribution is 7.89. The predicted octanol–water partition coefficient (Wildman–Crippen LogP) is 1.92. The van der Waals surface area contributed by atoms with E-state index in [0.717, 1.165) is 12.2 Å². The summed E-state index contributed by atoms with van der Waals surface area (Å²) in [5.74, 6) is -1.59. The normalized spacial score (nSPS) is 21.2. The average Bonchev–Trinajstić information content (AvgIpc) is 3.03. The Morgan fingerprint density at radius 2 is 2.10 bits per heavy atom. The fraction of sp³-hybridized carbons (Fsp3) is 0.647. The van der Waals surface area contributed by atoms with E-state index < -0.39 is 22.2 Å². The van der Waals surface area contributed by atoms with Crippen molar-refractivity contribution in [1.82, 2.24) is 9.29 Å². The Bertz CT molecular complexity index is 782. The van der Waals surface area contributed by atoms with E-state index in [2.05, 4.69) is 4.98 Å². The molecule has 8 nitrogen and oxygen atoms in total. The minimum absolute atomic E-state index is 0.208. The number of nitrogens with zero attached hydrogens (tertiary/aromatic N) is 2. The first-order valence-corrected chi connectivity index (χ1v) is 10.6. The molecule has 2 aliphatic rings. The van der Waals surface area contributed by atoms with Crippen molar-refractivity contribution in [2.24, 2.45) is 5.92 Å². The van der Waals surface area contributed by atoms with E-state index in [9.17, 15) is 21.6 Å². The number of alkyl halides is 3. The van der Waals surface area contributed by atoms with Gasteiger partial charge in [0, 0.05) is 31.8 Å². The van der Waals surface area contributed by atoms with Gasteiger partial charge < -0.3 is 14.6 Å². The van der Waals surface area contributed by atoms with Crippen LogP contribution >= 0.6 is 0 Å². The van der Waals surface area contributed by atoms with E-state index in [0.29, 0.717) is 32.7 Å². The van der Waals surface area contributed by atoms with Crippen LogP contribution in [0.3, 0.4) is 0 Å². The smallest absolute Gasteiger partial charge is 0.490 e. The molecule has 0 aromatic carbocycles. The standard InChI is InChI=1S/C15H22N2O4S.C2HF3O2/c1-2-8-22(18,19)17-11-15(12-17)13(5-7-21-15)10-20-14-4-3-6-16-9-14;3-2(4,5)1(6)7/h3-4,6,9,13H,2,5,7-8,10-12H2,1H3;(H,6,7). The first-order chi connectivity index (χ1) is 13.5. The Morgan fingerprint density at radius 1 is 1.45 bits per heavy atom. The van der Waals surface area contributed by atoms with Gasteiger partial charge in [0.25, 0.3) is 0 Å². The Morgan fingerprint density at radius 3 is 2.62 bits per heavy atom. The lowest BCUT2D eigenvalue weighted by atomic mass is 9.83. The number of ether oxygens (including phenoxy) is 2. The van der Waals surface area contributed by atoms with Crippen LogP contribution in [0.15, 0.2) is 24.5 Å². The average molecular weight is 440 g/mol. The SMILES string of the molecule is CCCS(=O)(=O)N1CC2(C1)OCCC2COc1cccnc1.O=C(O)C(F)(F)F. The van der Waals surface area contributed by atoms with Crippen LogP contribution < -0.4 is 4.74 Å². The molecule has 0 amide bonds. The van der Waals surface area contributed by atoms with Crippen molar-refractivity contribution in [1.29, 1.82) is 0 Å².